The standard InChI is InChI=1S/C22H30ClN5O2/c1-16-13-19(4-5-20(16)21(29)25-9-8-24)30-12-2-3-17-6-10-28(11-7-17)22-26-14-18(23)15-27-22/h4-5,13-15,17H,2-3,6-12,24H2,1H3,(H,25,29). The molecule has 3 rings (SSSR count). The van der Waals surface area contributed by atoms with Crippen molar-refractivity contribution in [1.82, 2.24) is 15.3 Å². The molecule has 162 valence electrons. The van der Waals surface area contributed by atoms with Crippen LogP contribution in [0.1, 0.15) is 41.6 Å². The zero-order valence-electron chi connectivity index (χ0n) is 17.4. The smallest absolute Gasteiger partial charge is 0.251 e. The molecule has 7 nitrogen and oxygen atoms in total. The number of amides is 1. The Morgan fingerprint density at radius 2 is 2.03 bits per heavy atom. The van der Waals surface area contributed by atoms with Crippen molar-refractivity contribution in [2.24, 2.45) is 11.7 Å². The Labute approximate surface area is 183 Å². The van der Waals surface area contributed by atoms with Crippen LogP contribution in [0.25, 0.3) is 0 Å². The van der Waals surface area contributed by atoms with Crippen LogP contribution in [0.4, 0.5) is 5.95 Å². The molecule has 1 saturated heterocycles. The van der Waals surface area contributed by atoms with Gasteiger partial charge < -0.3 is 20.7 Å². The van der Waals surface area contributed by atoms with Gasteiger partial charge in [-0.3, -0.25) is 4.79 Å². The van der Waals surface area contributed by atoms with Crippen molar-refractivity contribution >= 4 is 23.5 Å². The van der Waals surface area contributed by atoms with Gasteiger partial charge in [0.2, 0.25) is 5.95 Å². The zero-order valence-corrected chi connectivity index (χ0v) is 18.2. The van der Waals surface area contributed by atoms with E-state index >= 15 is 0 Å². The van der Waals surface area contributed by atoms with Gasteiger partial charge in [-0.2, -0.15) is 0 Å². The first-order chi connectivity index (χ1) is 14.6. The Hall–Kier alpha value is -2.38. The minimum Gasteiger partial charge on any atom is -0.494 e. The lowest BCUT2D eigenvalue weighted by atomic mass is 9.92. The molecule has 3 N–H and O–H groups in total. The van der Waals surface area contributed by atoms with E-state index in [9.17, 15) is 4.79 Å². The van der Waals surface area contributed by atoms with E-state index in [1.54, 1.807) is 12.4 Å². The third-order valence-electron chi connectivity index (χ3n) is 5.40. The minimum absolute atomic E-state index is 0.0974. The van der Waals surface area contributed by atoms with E-state index in [1.807, 2.05) is 25.1 Å². The van der Waals surface area contributed by atoms with Crippen LogP contribution in [-0.2, 0) is 0 Å². The highest BCUT2D eigenvalue weighted by Gasteiger charge is 2.20. The Morgan fingerprint density at radius 3 is 2.70 bits per heavy atom. The Kier molecular flexibility index (Phi) is 8.28. The molecule has 0 radical (unpaired) electrons. The molecule has 2 aromatic rings. The lowest BCUT2D eigenvalue weighted by molar-refractivity contribution is 0.0954. The number of hydrogen-bond donors (Lipinski definition) is 2. The summed E-state index contributed by atoms with van der Waals surface area (Å²) in [5.74, 6) is 2.17. The number of ether oxygens (including phenoxy) is 1. The highest BCUT2D eigenvalue weighted by Crippen LogP contribution is 2.25. The quantitative estimate of drug-likeness (QED) is 0.592. The van der Waals surface area contributed by atoms with Crippen molar-refractivity contribution in [3.05, 3.63) is 46.7 Å². The second-order valence-electron chi connectivity index (χ2n) is 7.64. The molecule has 1 aromatic carbocycles. The van der Waals surface area contributed by atoms with Crippen LogP contribution in [0.5, 0.6) is 5.75 Å². The lowest BCUT2D eigenvalue weighted by Gasteiger charge is -2.31. The van der Waals surface area contributed by atoms with Crippen molar-refractivity contribution in [3.8, 4) is 5.75 Å². The second-order valence-corrected chi connectivity index (χ2v) is 8.08. The molecule has 30 heavy (non-hydrogen) atoms. The largest absolute Gasteiger partial charge is 0.494 e. The van der Waals surface area contributed by atoms with Crippen LogP contribution in [0.15, 0.2) is 30.6 Å². The summed E-state index contributed by atoms with van der Waals surface area (Å²) in [4.78, 5) is 22.9. The van der Waals surface area contributed by atoms with Gasteiger partial charge in [-0.1, -0.05) is 11.6 Å². The highest BCUT2D eigenvalue weighted by molar-refractivity contribution is 6.30. The van der Waals surface area contributed by atoms with Crippen LogP contribution < -0.4 is 20.7 Å². The summed E-state index contributed by atoms with van der Waals surface area (Å²) in [6.45, 7) is 5.45. The third-order valence-corrected chi connectivity index (χ3v) is 5.60. The van der Waals surface area contributed by atoms with Crippen LogP contribution in [0.3, 0.4) is 0 Å². The fraction of sp³-hybridized carbons (Fsp3) is 0.500. The molecule has 1 amide bonds. The maximum absolute atomic E-state index is 12.1. The molecule has 1 aromatic heterocycles. The first-order valence-corrected chi connectivity index (χ1v) is 10.9. The average Bonchev–Trinajstić information content (AvgIpc) is 2.76. The van der Waals surface area contributed by atoms with E-state index < -0.39 is 0 Å². The number of halogens is 1. The lowest BCUT2D eigenvalue weighted by Crippen LogP contribution is -2.34. The van der Waals surface area contributed by atoms with Crippen LogP contribution in [0, 0.1) is 12.8 Å². The number of nitrogens with one attached hydrogen (secondary N) is 1. The van der Waals surface area contributed by atoms with Crippen LogP contribution >= 0.6 is 11.6 Å². The summed E-state index contributed by atoms with van der Waals surface area (Å²) in [6.07, 6.45) is 7.73. The van der Waals surface area contributed by atoms with Gasteiger partial charge in [-0.15, -0.1) is 0 Å². The molecule has 0 bridgehead atoms. The Bertz CT molecular complexity index is 823. The molecule has 0 saturated carbocycles. The number of carbonyl (C=O) groups excluding carboxylic acids is 1. The van der Waals surface area contributed by atoms with Gasteiger partial charge in [0.05, 0.1) is 24.0 Å². The molecule has 1 aliphatic rings. The second kappa shape index (κ2) is 11.1. The average molecular weight is 432 g/mol. The monoisotopic (exact) mass is 431 g/mol. The SMILES string of the molecule is Cc1cc(OCCCC2CCN(c3ncc(Cl)cn3)CC2)ccc1C(=O)NCCN. The molecule has 0 atom stereocenters. The van der Waals surface area contributed by atoms with Gasteiger partial charge in [0.25, 0.3) is 5.91 Å². The summed E-state index contributed by atoms with van der Waals surface area (Å²) >= 11 is 5.86. The first-order valence-electron chi connectivity index (χ1n) is 10.5. The van der Waals surface area contributed by atoms with Crippen molar-refractivity contribution in [2.45, 2.75) is 32.6 Å². The van der Waals surface area contributed by atoms with E-state index in [0.29, 0.717) is 36.2 Å². The number of rotatable bonds is 9. The first kappa shape index (κ1) is 22.3. The molecule has 1 fully saturated rings. The third kappa shape index (κ3) is 6.31. The number of piperidine rings is 1. The van der Waals surface area contributed by atoms with E-state index in [2.05, 4.69) is 20.2 Å². The van der Waals surface area contributed by atoms with Gasteiger partial charge in [0.15, 0.2) is 0 Å². The summed E-state index contributed by atoms with van der Waals surface area (Å²) in [5.41, 5.74) is 6.99. The maximum Gasteiger partial charge on any atom is 0.251 e. The van der Waals surface area contributed by atoms with Crippen LogP contribution in [0.2, 0.25) is 5.02 Å². The number of benzene rings is 1. The zero-order chi connectivity index (χ0) is 21.3. The number of nitrogens with zero attached hydrogens (tertiary/aromatic N) is 3. The van der Waals surface area contributed by atoms with Crippen LogP contribution in [-0.4, -0.2) is 48.7 Å². The number of anilines is 1. The van der Waals surface area contributed by atoms with Gasteiger partial charge in [-0.25, -0.2) is 9.97 Å². The number of carbonyl (C=O) groups is 1. The number of aromatic nitrogens is 2. The Morgan fingerprint density at radius 1 is 1.30 bits per heavy atom. The van der Waals surface area contributed by atoms with Crippen molar-refractivity contribution < 1.29 is 9.53 Å². The van der Waals surface area contributed by atoms with Gasteiger partial charge >= 0.3 is 0 Å². The molecule has 8 heteroatoms. The maximum atomic E-state index is 12.1. The normalized spacial score (nSPS) is 14.6. The summed E-state index contributed by atoms with van der Waals surface area (Å²) < 4.78 is 5.90. The molecule has 0 spiro atoms. The molecular formula is C22H30ClN5O2. The minimum atomic E-state index is -0.0974. The van der Waals surface area contributed by atoms with Gasteiger partial charge in [0, 0.05) is 31.7 Å². The van der Waals surface area contributed by atoms with Gasteiger partial charge in [0.1, 0.15) is 5.75 Å². The number of nitrogens with two attached hydrogens (primary N) is 1. The van der Waals surface area contributed by atoms with E-state index in [0.717, 1.165) is 56.0 Å². The van der Waals surface area contributed by atoms with Gasteiger partial charge in [-0.05, 0) is 62.3 Å². The molecular weight excluding hydrogens is 402 g/mol. The fourth-order valence-electron chi connectivity index (χ4n) is 3.71. The molecule has 2 heterocycles. The Balaban J connectivity index is 1.37. The molecule has 0 aliphatic carbocycles. The predicted octanol–water partition coefficient (Wildman–Crippen LogP) is 3.20. The van der Waals surface area contributed by atoms with Crippen molar-refractivity contribution in [1.29, 1.82) is 0 Å². The predicted molar refractivity (Wildman–Crippen MR) is 119 cm³/mol. The van der Waals surface area contributed by atoms with E-state index in [-0.39, 0.29) is 5.91 Å². The highest BCUT2D eigenvalue weighted by atomic mass is 35.5. The van der Waals surface area contributed by atoms with E-state index in [1.165, 1.54) is 0 Å². The summed E-state index contributed by atoms with van der Waals surface area (Å²) in [5, 5.41) is 3.35. The van der Waals surface area contributed by atoms with E-state index in [4.69, 9.17) is 22.1 Å². The number of hydrogen-bond acceptors (Lipinski definition) is 6. The topological polar surface area (TPSA) is 93.4 Å². The molecule has 0 unspecified atom stereocenters. The molecule has 1 aliphatic heterocycles. The van der Waals surface area contributed by atoms with Crippen molar-refractivity contribution in [3.63, 3.8) is 0 Å². The summed E-state index contributed by atoms with van der Waals surface area (Å²) in [7, 11) is 0. The summed E-state index contributed by atoms with van der Waals surface area (Å²) in [6, 6.07) is 5.59. The number of aryl methyl sites for hydroxylation is 1. The fourth-order valence-corrected chi connectivity index (χ4v) is 3.81. The van der Waals surface area contributed by atoms with Crippen molar-refractivity contribution in [2.75, 3.05) is 37.7 Å².